The Balaban J connectivity index is 1.80. The molecule has 0 spiro atoms. The van der Waals surface area contributed by atoms with Gasteiger partial charge in [0.2, 0.25) is 0 Å². The smallest absolute Gasteiger partial charge is 0.149 e. The van der Waals surface area contributed by atoms with Crippen LogP contribution in [0.1, 0.15) is 51.4 Å². The summed E-state index contributed by atoms with van der Waals surface area (Å²) in [5.41, 5.74) is 0. The molecule has 2 saturated carbocycles. The summed E-state index contributed by atoms with van der Waals surface area (Å²) in [6.07, 6.45) is 10.0. The number of hydrogen-bond donors (Lipinski definition) is 0. The molecule has 2 rings (SSSR count). The van der Waals surface area contributed by atoms with Gasteiger partial charge in [-0.3, -0.25) is 9.69 Å². The van der Waals surface area contributed by atoms with Crippen LogP contribution in [-0.2, 0) is 4.79 Å². The highest BCUT2D eigenvalue weighted by Crippen LogP contribution is 2.26. The summed E-state index contributed by atoms with van der Waals surface area (Å²) in [6, 6.07) is 0.256. The average Bonchev–Trinajstić information content (AvgIpc) is 2.66. The van der Waals surface area contributed by atoms with Gasteiger partial charge < -0.3 is 0 Å². The van der Waals surface area contributed by atoms with Crippen molar-refractivity contribution in [3.8, 4) is 0 Å². The van der Waals surface area contributed by atoms with Gasteiger partial charge >= 0.3 is 0 Å². The minimum absolute atomic E-state index is 0.256. The molecule has 2 fully saturated rings. The van der Waals surface area contributed by atoms with Gasteiger partial charge in [0.15, 0.2) is 0 Å². The lowest BCUT2D eigenvalue weighted by Gasteiger charge is -2.30. The first kappa shape index (κ1) is 11.1. The van der Waals surface area contributed by atoms with E-state index in [1.807, 2.05) is 0 Å². The Morgan fingerprint density at radius 1 is 1.13 bits per heavy atom. The normalized spacial score (nSPS) is 28.9. The zero-order chi connectivity index (χ0) is 10.7. The van der Waals surface area contributed by atoms with Gasteiger partial charge in [0.05, 0.1) is 6.04 Å². The molecule has 0 aromatic heterocycles. The first-order valence-corrected chi connectivity index (χ1v) is 6.50. The minimum Gasteiger partial charge on any atom is -0.298 e. The first-order valence-electron chi connectivity index (χ1n) is 6.50. The van der Waals surface area contributed by atoms with E-state index in [-0.39, 0.29) is 6.04 Å². The predicted octanol–water partition coefficient (Wildman–Crippen LogP) is 2.62. The second kappa shape index (κ2) is 5.11. The maximum atomic E-state index is 11.6. The largest absolute Gasteiger partial charge is 0.298 e. The molecule has 0 N–H and O–H groups in total. The Bertz CT molecular complexity index is 221. The van der Waals surface area contributed by atoms with Gasteiger partial charge in [-0.25, -0.2) is 0 Å². The quantitative estimate of drug-likeness (QED) is 0.712. The highest BCUT2D eigenvalue weighted by atomic mass is 16.1. The maximum absolute atomic E-state index is 11.6. The van der Waals surface area contributed by atoms with E-state index in [1.54, 1.807) is 0 Å². The number of nitrogens with zero attached hydrogens (tertiary/aromatic N) is 1. The lowest BCUT2D eigenvalue weighted by atomic mass is 9.88. The molecule has 0 saturated heterocycles. The molecule has 0 aliphatic heterocycles. The Kier molecular flexibility index (Phi) is 3.79. The molecule has 0 aromatic carbocycles. The SMILES string of the molecule is CN(CC1CCCCC1)C1CCCC1=O. The van der Waals surface area contributed by atoms with E-state index in [1.165, 1.54) is 32.1 Å². The van der Waals surface area contributed by atoms with Crippen molar-refractivity contribution >= 4 is 5.78 Å². The molecule has 0 heterocycles. The van der Waals surface area contributed by atoms with E-state index in [9.17, 15) is 4.79 Å². The number of ketones is 1. The van der Waals surface area contributed by atoms with Crippen LogP contribution >= 0.6 is 0 Å². The summed E-state index contributed by atoms with van der Waals surface area (Å²) in [5, 5.41) is 0. The molecule has 0 radical (unpaired) electrons. The van der Waals surface area contributed by atoms with Crippen molar-refractivity contribution in [1.82, 2.24) is 4.90 Å². The van der Waals surface area contributed by atoms with Gasteiger partial charge in [-0.05, 0) is 38.6 Å². The van der Waals surface area contributed by atoms with Crippen LogP contribution in [0.5, 0.6) is 0 Å². The third kappa shape index (κ3) is 2.81. The van der Waals surface area contributed by atoms with E-state index in [0.29, 0.717) is 5.78 Å². The van der Waals surface area contributed by atoms with Crippen molar-refractivity contribution in [3.63, 3.8) is 0 Å². The number of likely N-dealkylation sites (N-methyl/N-ethyl adjacent to an activating group) is 1. The molecule has 2 heteroatoms. The molecule has 2 aliphatic rings. The van der Waals surface area contributed by atoms with Crippen LogP contribution in [0.3, 0.4) is 0 Å². The van der Waals surface area contributed by atoms with Gasteiger partial charge in [-0.15, -0.1) is 0 Å². The van der Waals surface area contributed by atoms with E-state index in [4.69, 9.17) is 0 Å². The highest BCUT2D eigenvalue weighted by Gasteiger charge is 2.29. The molecule has 0 bridgehead atoms. The summed E-state index contributed by atoms with van der Waals surface area (Å²) >= 11 is 0. The van der Waals surface area contributed by atoms with Crippen LogP contribution in [0.25, 0.3) is 0 Å². The molecule has 15 heavy (non-hydrogen) atoms. The molecule has 1 unspecified atom stereocenters. The van der Waals surface area contributed by atoms with Gasteiger partial charge in [0, 0.05) is 13.0 Å². The summed E-state index contributed by atoms with van der Waals surface area (Å²) < 4.78 is 0. The summed E-state index contributed by atoms with van der Waals surface area (Å²) in [4.78, 5) is 13.9. The molecule has 1 atom stereocenters. The van der Waals surface area contributed by atoms with Gasteiger partial charge in [0.25, 0.3) is 0 Å². The predicted molar refractivity (Wildman–Crippen MR) is 61.9 cm³/mol. The zero-order valence-corrected chi connectivity index (χ0v) is 9.87. The molecule has 2 nitrogen and oxygen atoms in total. The molecule has 0 amide bonds. The van der Waals surface area contributed by atoms with Crippen LogP contribution < -0.4 is 0 Å². The molecular weight excluding hydrogens is 186 g/mol. The Labute approximate surface area is 93.0 Å². The zero-order valence-electron chi connectivity index (χ0n) is 9.87. The third-order valence-corrected chi connectivity index (χ3v) is 4.08. The number of carbonyl (C=O) groups is 1. The topological polar surface area (TPSA) is 20.3 Å². The van der Waals surface area contributed by atoms with Crippen molar-refractivity contribution in [2.75, 3.05) is 13.6 Å². The Morgan fingerprint density at radius 2 is 1.87 bits per heavy atom. The Hall–Kier alpha value is -0.370. The second-order valence-corrected chi connectivity index (χ2v) is 5.32. The number of carbonyl (C=O) groups excluding carboxylic acids is 1. The fraction of sp³-hybridized carbons (Fsp3) is 0.923. The van der Waals surface area contributed by atoms with Crippen LogP contribution in [0.4, 0.5) is 0 Å². The van der Waals surface area contributed by atoms with Gasteiger partial charge in [0.1, 0.15) is 5.78 Å². The lowest BCUT2D eigenvalue weighted by molar-refractivity contribution is -0.121. The Morgan fingerprint density at radius 3 is 2.47 bits per heavy atom. The minimum atomic E-state index is 0.256. The van der Waals surface area contributed by atoms with E-state index >= 15 is 0 Å². The lowest BCUT2D eigenvalue weighted by Crippen LogP contribution is -2.38. The van der Waals surface area contributed by atoms with Crippen LogP contribution in [0.2, 0.25) is 0 Å². The fourth-order valence-electron chi connectivity index (χ4n) is 3.17. The van der Waals surface area contributed by atoms with Crippen LogP contribution in [-0.4, -0.2) is 30.3 Å². The van der Waals surface area contributed by atoms with Crippen molar-refractivity contribution < 1.29 is 4.79 Å². The second-order valence-electron chi connectivity index (χ2n) is 5.32. The molecule has 0 aromatic rings. The standard InChI is InChI=1S/C13H23NO/c1-14(12-8-5-9-13(12)15)10-11-6-3-2-4-7-11/h11-12H,2-10H2,1H3. The monoisotopic (exact) mass is 209 g/mol. The summed E-state index contributed by atoms with van der Waals surface area (Å²) in [5.74, 6) is 1.34. The number of rotatable bonds is 3. The van der Waals surface area contributed by atoms with Crippen molar-refractivity contribution in [1.29, 1.82) is 0 Å². The average molecular weight is 209 g/mol. The fourth-order valence-corrected chi connectivity index (χ4v) is 3.17. The van der Waals surface area contributed by atoms with Crippen molar-refractivity contribution in [3.05, 3.63) is 0 Å². The summed E-state index contributed by atoms with van der Waals surface area (Å²) in [7, 11) is 2.14. The van der Waals surface area contributed by atoms with Gasteiger partial charge in [-0.1, -0.05) is 19.3 Å². The summed E-state index contributed by atoms with van der Waals surface area (Å²) in [6.45, 7) is 1.15. The van der Waals surface area contributed by atoms with Crippen molar-refractivity contribution in [2.45, 2.75) is 57.4 Å². The van der Waals surface area contributed by atoms with Crippen LogP contribution in [0.15, 0.2) is 0 Å². The number of hydrogen-bond acceptors (Lipinski definition) is 2. The maximum Gasteiger partial charge on any atom is 0.149 e. The highest BCUT2D eigenvalue weighted by molar-refractivity contribution is 5.85. The van der Waals surface area contributed by atoms with E-state index in [0.717, 1.165) is 31.7 Å². The van der Waals surface area contributed by atoms with Gasteiger partial charge in [-0.2, -0.15) is 0 Å². The van der Waals surface area contributed by atoms with E-state index < -0.39 is 0 Å². The van der Waals surface area contributed by atoms with E-state index in [2.05, 4.69) is 11.9 Å². The molecule has 86 valence electrons. The van der Waals surface area contributed by atoms with Crippen LogP contribution in [0, 0.1) is 5.92 Å². The first-order chi connectivity index (χ1) is 7.27. The number of Topliss-reactive ketones (excluding diaryl/α,β-unsaturated/α-hetero) is 1. The third-order valence-electron chi connectivity index (χ3n) is 4.08. The molecule has 2 aliphatic carbocycles. The molecular formula is C13H23NO. The van der Waals surface area contributed by atoms with Crippen molar-refractivity contribution in [2.24, 2.45) is 5.92 Å².